The van der Waals surface area contributed by atoms with Crippen molar-refractivity contribution in [3.8, 4) is 11.5 Å². The Kier molecular flexibility index (Phi) is 4.56. The van der Waals surface area contributed by atoms with Crippen LogP contribution in [0.3, 0.4) is 0 Å². The number of anilines is 1. The van der Waals surface area contributed by atoms with E-state index in [1.165, 1.54) is 0 Å². The maximum Gasteiger partial charge on any atom is 0.231 e. The van der Waals surface area contributed by atoms with Gasteiger partial charge in [0.25, 0.3) is 0 Å². The summed E-state index contributed by atoms with van der Waals surface area (Å²) in [4.78, 5) is 19.3. The molecule has 2 heterocycles. The zero-order valence-corrected chi connectivity index (χ0v) is 12.5. The van der Waals surface area contributed by atoms with Gasteiger partial charge in [-0.1, -0.05) is 6.07 Å². The molecule has 1 radical (unpaired) electrons. The Labute approximate surface area is 133 Å². The summed E-state index contributed by atoms with van der Waals surface area (Å²) in [6.45, 7) is 0.849. The van der Waals surface area contributed by atoms with Crippen molar-refractivity contribution in [2.45, 2.75) is 12.8 Å². The van der Waals surface area contributed by atoms with E-state index < -0.39 is 0 Å². The predicted octanol–water partition coefficient (Wildman–Crippen LogP) is 1.48. The predicted molar refractivity (Wildman–Crippen MR) is 84.0 cm³/mol. The Bertz CT molecular complexity index is 705. The van der Waals surface area contributed by atoms with Gasteiger partial charge in [-0.05, 0) is 30.2 Å². The normalized spacial score (nSPS) is 12.2. The Morgan fingerprint density at radius 1 is 1.30 bits per heavy atom. The average Bonchev–Trinajstić information content (AvgIpc) is 2.99. The number of fused-ring (bicyclic) bond motifs is 1. The van der Waals surface area contributed by atoms with Crippen molar-refractivity contribution in [3.05, 3.63) is 48.1 Å². The molecule has 3 rings (SSSR count). The number of ether oxygens (including phenoxy) is 2. The fourth-order valence-electron chi connectivity index (χ4n) is 2.17. The van der Waals surface area contributed by atoms with Crippen LogP contribution in [0.5, 0.6) is 11.5 Å². The minimum atomic E-state index is -0.308. The zero-order chi connectivity index (χ0) is 16.1. The lowest BCUT2D eigenvalue weighted by atomic mass is 10.1. The molecule has 0 atom stereocenters. The Balaban J connectivity index is 1.60. The van der Waals surface area contributed by atoms with Crippen LogP contribution in [-0.4, -0.2) is 29.2 Å². The lowest BCUT2D eigenvalue weighted by molar-refractivity contribution is -0.118. The van der Waals surface area contributed by atoms with Gasteiger partial charge >= 0.3 is 0 Å². The van der Waals surface area contributed by atoms with Gasteiger partial charge in [0.2, 0.25) is 18.6 Å². The zero-order valence-electron chi connectivity index (χ0n) is 12.5. The van der Waals surface area contributed by atoms with Crippen molar-refractivity contribution in [2.24, 2.45) is 5.73 Å². The molecule has 0 unspecified atom stereocenters. The van der Waals surface area contributed by atoms with E-state index in [0.717, 1.165) is 22.8 Å². The minimum absolute atomic E-state index is 0.256. The van der Waals surface area contributed by atoms with Gasteiger partial charge in [0.05, 0.1) is 5.69 Å². The van der Waals surface area contributed by atoms with E-state index in [2.05, 4.69) is 15.3 Å². The second-order valence-corrected chi connectivity index (χ2v) is 5.06. The van der Waals surface area contributed by atoms with E-state index >= 15 is 0 Å². The van der Waals surface area contributed by atoms with Gasteiger partial charge in [0.1, 0.15) is 0 Å². The van der Waals surface area contributed by atoms with Gasteiger partial charge < -0.3 is 20.5 Å². The monoisotopic (exact) mass is 313 g/mol. The number of benzene rings is 1. The fraction of sp³-hybridized carbons (Fsp3) is 0.250. The molecule has 0 aliphatic carbocycles. The van der Waals surface area contributed by atoms with E-state index in [4.69, 9.17) is 15.2 Å². The first-order valence-electron chi connectivity index (χ1n) is 7.30. The van der Waals surface area contributed by atoms with E-state index in [0.29, 0.717) is 25.3 Å². The molecule has 0 saturated carbocycles. The summed E-state index contributed by atoms with van der Waals surface area (Å²) in [6.07, 6.45) is 4.60. The number of nitrogens with two attached hydrogens (primary N) is 1. The number of rotatable bonds is 7. The minimum Gasteiger partial charge on any atom is -0.454 e. The van der Waals surface area contributed by atoms with E-state index in [9.17, 15) is 4.79 Å². The number of nitrogens with zero attached hydrogens (tertiary/aromatic N) is 2. The fourth-order valence-corrected chi connectivity index (χ4v) is 2.17. The van der Waals surface area contributed by atoms with Crippen LogP contribution in [0.25, 0.3) is 0 Å². The molecule has 23 heavy (non-hydrogen) atoms. The van der Waals surface area contributed by atoms with Crippen LogP contribution in [0, 0.1) is 6.42 Å². The van der Waals surface area contributed by atoms with Crippen molar-refractivity contribution < 1.29 is 14.3 Å². The molecule has 1 amide bonds. The van der Waals surface area contributed by atoms with Crippen molar-refractivity contribution in [3.63, 3.8) is 0 Å². The molecule has 0 bridgehead atoms. The molecule has 1 aliphatic heterocycles. The van der Waals surface area contributed by atoms with Gasteiger partial charge in [0.15, 0.2) is 11.5 Å². The highest BCUT2D eigenvalue weighted by Crippen LogP contribution is 2.33. The third kappa shape index (κ3) is 4.09. The van der Waals surface area contributed by atoms with Crippen molar-refractivity contribution >= 4 is 11.9 Å². The maximum absolute atomic E-state index is 10.7. The largest absolute Gasteiger partial charge is 0.454 e. The number of carbonyl (C=O) groups excluding carboxylic acids is 1. The Morgan fingerprint density at radius 2 is 2.17 bits per heavy atom. The second-order valence-electron chi connectivity index (χ2n) is 5.06. The highest BCUT2D eigenvalue weighted by atomic mass is 16.7. The number of hydrogen-bond donors (Lipinski definition) is 2. The molecule has 119 valence electrons. The molecule has 1 aliphatic rings. The third-order valence-electron chi connectivity index (χ3n) is 3.27. The SMILES string of the molecule is NC(=O)CCCNc1nccc([CH]c2ccc3c(c2)OCO3)n1. The van der Waals surface area contributed by atoms with Crippen LogP contribution in [0.2, 0.25) is 0 Å². The number of hydrogen-bond acceptors (Lipinski definition) is 6. The lowest BCUT2D eigenvalue weighted by Gasteiger charge is -2.06. The topological polar surface area (TPSA) is 99.4 Å². The standard InChI is InChI=1S/C16H17N4O3/c17-15(21)2-1-6-18-16-19-7-5-12(20-16)8-11-3-4-13-14(9-11)23-10-22-13/h3-5,7-9H,1-2,6,10H2,(H2,17,21)(H,18,19,20). The molecule has 7 heteroatoms. The number of aromatic nitrogens is 2. The summed E-state index contributed by atoms with van der Waals surface area (Å²) in [6, 6.07) is 7.54. The number of amides is 1. The highest BCUT2D eigenvalue weighted by molar-refractivity contribution is 5.73. The summed E-state index contributed by atoms with van der Waals surface area (Å²) >= 11 is 0. The number of primary amides is 1. The van der Waals surface area contributed by atoms with Gasteiger partial charge in [-0.25, -0.2) is 9.97 Å². The van der Waals surface area contributed by atoms with E-state index in [1.54, 1.807) is 6.20 Å². The summed E-state index contributed by atoms with van der Waals surface area (Å²) in [7, 11) is 0. The Hall–Kier alpha value is -2.83. The van der Waals surface area contributed by atoms with Crippen molar-refractivity contribution in [1.29, 1.82) is 0 Å². The van der Waals surface area contributed by atoms with Gasteiger partial charge in [-0.2, -0.15) is 0 Å². The Morgan fingerprint density at radius 3 is 3.04 bits per heavy atom. The first-order valence-corrected chi connectivity index (χ1v) is 7.30. The van der Waals surface area contributed by atoms with Crippen LogP contribution >= 0.6 is 0 Å². The molecular formula is C16H17N4O3. The molecule has 7 nitrogen and oxygen atoms in total. The number of nitrogens with one attached hydrogen (secondary N) is 1. The van der Waals surface area contributed by atoms with Crippen LogP contribution in [0.1, 0.15) is 24.1 Å². The molecule has 1 aromatic carbocycles. The molecule has 1 aromatic heterocycles. The van der Waals surface area contributed by atoms with Gasteiger partial charge in [-0.15, -0.1) is 0 Å². The van der Waals surface area contributed by atoms with Gasteiger partial charge in [0, 0.05) is 25.6 Å². The van der Waals surface area contributed by atoms with Crippen LogP contribution < -0.4 is 20.5 Å². The first kappa shape index (κ1) is 15.1. The molecule has 2 aromatic rings. The molecule has 0 spiro atoms. The summed E-state index contributed by atoms with van der Waals surface area (Å²) in [5, 5.41) is 3.07. The van der Waals surface area contributed by atoms with Crippen LogP contribution in [-0.2, 0) is 4.79 Å². The molecular weight excluding hydrogens is 296 g/mol. The van der Waals surface area contributed by atoms with Crippen LogP contribution in [0.15, 0.2) is 30.5 Å². The third-order valence-corrected chi connectivity index (χ3v) is 3.27. The smallest absolute Gasteiger partial charge is 0.231 e. The number of carbonyl (C=O) groups is 1. The summed E-state index contributed by atoms with van der Waals surface area (Å²) < 4.78 is 10.7. The second kappa shape index (κ2) is 6.95. The average molecular weight is 313 g/mol. The van der Waals surface area contributed by atoms with E-state index in [1.807, 2.05) is 30.7 Å². The van der Waals surface area contributed by atoms with Crippen LogP contribution in [0.4, 0.5) is 5.95 Å². The maximum atomic E-state index is 10.7. The van der Waals surface area contributed by atoms with Crippen molar-refractivity contribution in [1.82, 2.24) is 9.97 Å². The lowest BCUT2D eigenvalue weighted by Crippen LogP contribution is -2.13. The first-order chi connectivity index (χ1) is 11.2. The molecule has 0 saturated heterocycles. The summed E-state index contributed by atoms with van der Waals surface area (Å²) in [5.41, 5.74) is 6.84. The van der Waals surface area contributed by atoms with E-state index in [-0.39, 0.29) is 12.7 Å². The molecule has 3 N–H and O–H groups in total. The van der Waals surface area contributed by atoms with Crippen molar-refractivity contribution in [2.75, 3.05) is 18.7 Å². The molecule has 0 fully saturated rings. The summed E-state index contributed by atoms with van der Waals surface area (Å²) in [5.74, 6) is 1.70. The highest BCUT2D eigenvalue weighted by Gasteiger charge is 2.13. The quantitative estimate of drug-likeness (QED) is 0.751. The van der Waals surface area contributed by atoms with Gasteiger partial charge in [-0.3, -0.25) is 4.79 Å².